The third-order valence-electron chi connectivity index (χ3n) is 5.32. The number of aliphatic hydroxyl groups is 1. The summed E-state index contributed by atoms with van der Waals surface area (Å²) in [6.45, 7) is 5.42. The zero-order valence-corrected chi connectivity index (χ0v) is 14.2. The SMILES string of the molecule is Cc1ccc(C(NC(=O)N2CCC(C(C)O)CC2)C2CC2)cc1. The number of amides is 2. The topological polar surface area (TPSA) is 52.6 Å². The molecule has 1 heterocycles. The number of urea groups is 1. The monoisotopic (exact) mass is 316 g/mol. The van der Waals surface area contributed by atoms with Gasteiger partial charge >= 0.3 is 6.03 Å². The molecule has 2 atom stereocenters. The first-order valence-electron chi connectivity index (χ1n) is 8.84. The van der Waals surface area contributed by atoms with E-state index in [9.17, 15) is 9.90 Å². The quantitative estimate of drug-likeness (QED) is 0.896. The summed E-state index contributed by atoms with van der Waals surface area (Å²) in [6, 6.07) is 8.69. The molecule has 2 fully saturated rings. The number of aliphatic hydroxyl groups excluding tert-OH is 1. The lowest BCUT2D eigenvalue weighted by atomic mass is 9.92. The van der Waals surface area contributed by atoms with Crippen molar-refractivity contribution in [2.45, 2.75) is 51.7 Å². The number of aryl methyl sites for hydroxylation is 1. The second kappa shape index (κ2) is 6.91. The largest absolute Gasteiger partial charge is 0.393 e. The van der Waals surface area contributed by atoms with Crippen LogP contribution in [-0.4, -0.2) is 35.2 Å². The minimum absolute atomic E-state index is 0.0477. The molecule has 23 heavy (non-hydrogen) atoms. The van der Waals surface area contributed by atoms with Crippen molar-refractivity contribution < 1.29 is 9.90 Å². The number of nitrogens with one attached hydrogen (secondary N) is 1. The third-order valence-corrected chi connectivity index (χ3v) is 5.32. The molecule has 2 unspecified atom stereocenters. The van der Waals surface area contributed by atoms with E-state index in [0.29, 0.717) is 11.8 Å². The second-order valence-electron chi connectivity index (χ2n) is 7.24. The lowest BCUT2D eigenvalue weighted by molar-refractivity contribution is 0.0791. The minimum atomic E-state index is -0.271. The Morgan fingerprint density at radius 1 is 1.13 bits per heavy atom. The number of nitrogens with zero attached hydrogens (tertiary/aromatic N) is 1. The fraction of sp³-hybridized carbons (Fsp3) is 0.632. The van der Waals surface area contributed by atoms with Crippen molar-refractivity contribution >= 4 is 6.03 Å². The number of carbonyl (C=O) groups is 1. The van der Waals surface area contributed by atoms with Crippen molar-refractivity contribution in [1.82, 2.24) is 10.2 Å². The number of piperidine rings is 1. The molecule has 1 aromatic carbocycles. The molecule has 0 spiro atoms. The Kier molecular flexibility index (Phi) is 4.90. The Morgan fingerprint density at radius 3 is 2.26 bits per heavy atom. The molecule has 2 N–H and O–H groups in total. The summed E-state index contributed by atoms with van der Waals surface area (Å²) < 4.78 is 0. The van der Waals surface area contributed by atoms with E-state index in [2.05, 4.69) is 36.5 Å². The average Bonchev–Trinajstić information content (AvgIpc) is 3.38. The minimum Gasteiger partial charge on any atom is -0.393 e. The van der Waals surface area contributed by atoms with Crippen molar-refractivity contribution in [2.24, 2.45) is 11.8 Å². The lowest BCUT2D eigenvalue weighted by Crippen LogP contribution is -2.47. The van der Waals surface area contributed by atoms with E-state index in [1.807, 2.05) is 11.8 Å². The number of carbonyl (C=O) groups excluding carboxylic acids is 1. The van der Waals surface area contributed by atoms with Gasteiger partial charge in [0.25, 0.3) is 0 Å². The normalized spacial score (nSPS) is 21.8. The predicted octanol–water partition coefficient (Wildman–Crippen LogP) is 3.25. The van der Waals surface area contributed by atoms with Gasteiger partial charge in [0, 0.05) is 13.1 Å². The zero-order chi connectivity index (χ0) is 16.4. The van der Waals surface area contributed by atoms with Gasteiger partial charge in [0.2, 0.25) is 0 Å². The Labute approximate surface area is 138 Å². The van der Waals surface area contributed by atoms with Crippen molar-refractivity contribution in [3.63, 3.8) is 0 Å². The van der Waals surface area contributed by atoms with Crippen molar-refractivity contribution in [1.29, 1.82) is 0 Å². The molecule has 2 amide bonds. The molecule has 1 aliphatic heterocycles. The number of benzene rings is 1. The summed E-state index contributed by atoms with van der Waals surface area (Å²) in [6.07, 6.45) is 3.91. The first-order valence-corrected chi connectivity index (χ1v) is 8.84. The van der Waals surface area contributed by atoms with Crippen molar-refractivity contribution in [3.05, 3.63) is 35.4 Å². The van der Waals surface area contributed by atoms with Gasteiger partial charge in [0.05, 0.1) is 12.1 Å². The molecule has 0 aromatic heterocycles. The maximum absolute atomic E-state index is 12.6. The van der Waals surface area contributed by atoms with E-state index in [4.69, 9.17) is 0 Å². The molecule has 4 heteroatoms. The van der Waals surface area contributed by atoms with Gasteiger partial charge in [0.15, 0.2) is 0 Å². The zero-order valence-electron chi connectivity index (χ0n) is 14.2. The fourth-order valence-corrected chi connectivity index (χ4v) is 3.49. The highest BCUT2D eigenvalue weighted by Crippen LogP contribution is 2.41. The van der Waals surface area contributed by atoms with Crippen LogP contribution in [0.15, 0.2) is 24.3 Å². The van der Waals surface area contributed by atoms with Crippen LogP contribution in [0.4, 0.5) is 4.79 Å². The van der Waals surface area contributed by atoms with Crippen LogP contribution in [0.1, 0.15) is 49.8 Å². The molecule has 126 valence electrons. The van der Waals surface area contributed by atoms with E-state index < -0.39 is 0 Å². The van der Waals surface area contributed by atoms with E-state index in [0.717, 1.165) is 25.9 Å². The van der Waals surface area contributed by atoms with Gasteiger partial charge in [-0.05, 0) is 56.9 Å². The molecule has 1 saturated heterocycles. The predicted molar refractivity (Wildman–Crippen MR) is 91.2 cm³/mol. The van der Waals surface area contributed by atoms with Gasteiger partial charge < -0.3 is 15.3 Å². The third kappa shape index (κ3) is 4.05. The number of rotatable bonds is 4. The first kappa shape index (κ1) is 16.3. The van der Waals surface area contributed by atoms with Gasteiger partial charge in [-0.1, -0.05) is 29.8 Å². The standard InChI is InChI=1S/C19H28N2O2/c1-13-3-5-16(6-4-13)18(17-7-8-17)20-19(23)21-11-9-15(10-12-21)14(2)22/h3-6,14-15,17-18,22H,7-12H2,1-2H3,(H,20,23). The first-order chi connectivity index (χ1) is 11.0. The second-order valence-corrected chi connectivity index (χ2v) is 7.24. The van der Waals surface area contributed by atoms with Crippen LogP contribution in [0.5, 0.6) is 0 Å². The summed E-state index contributed by atoms with van der Waals surface area (Å²) in [5.41, 5.74) is 2.46. The van der Waals surface area contributed by atoms with E-state index in [1.165, 1.54) is 24.0 Å². The number of hydrogen-bond acceptors (Lipinski definition) is 2. The number of hydrogen-bond donors (Lipinski definition) is 2. The van der Waals surface area contributed by atoms with Crippen LogP contribution in [0, 0.1) is 18.8 Å². The highest BCUT2D eigenvalue weighted by Gasteiger charge is 2.35. The highest BCUT2D eigenvalue weighted by atomic mass is 16.3. The average molecular weight is 316 g/mol. The van der Waals surface area contributed by atoms with Gasteiger partial charge in [-0.15, -0.1) is 0 Å². The van der Waals surface area contributed by atoms with Crippen LogP contribution in [0.3, 0.4) is 0 Å². The summed E-state index contributed by atoms with van der Waals surface area (Å²) in [7, 11) is 0. The Balaban J connectivity index is 1.60. The summed E-state index contributed by atoms with van der Waals surface area (Å²) in [5, 5.41) is 12.9. The smallest absolute Gasteiger partial charge is 0.317 e. The summed E-state index contributed by atoms with van der Waals surface area (Å²) >= 11 is 0. The van der Waals surface area contributed by atoms with Crippen LogP contribution < -0.4 is 5.32 Å². The lowest BCUT2D eigenvalue weighted by Gasteiger charge is -2.34. The summed E-state index contributed by atoms with van der Waals surface area (Å²) in [5.74, 6) is 0.909. The molecule has 0 radical (unpaired) electrons. The van der Waals surface area contributed by atoms with E-state index >= 15 is 0 Å². The molecule has 1 aliphatic carbocycles. The fourth-order valence-electron chi connectivity index (χ4n) is 3.49. The Morgan fingerprint density at radius 2 is 1.74 bits per heavy atom. The van der Waals surface area contributed by atoms with Gasteiger partial charge in [0.1, 0.15) is 0 Å². The van der Waals surface area contributed by atoms with Crippen LogP contribution in [0.2, 0.25) is 0 Å². The van der Waals surface area contributed by atoms with Crippen LogP contribution >= 0.6 is 0 Å². The van der Waals surface area contributed by atoms with E-state index in [-0.39, 0.29) is 18.2 Å². The molecular weight excluding hydrogens is 288 g/mol. The molecular formula is C19H28N2O2. The van der Waals surface area contributed by atoms with Crippen molar-refractivity contribution in [3.8, 4) is 0 Å². The molecule has 2 aliphatic rings. The number of likely N-dealkylation sites (tertiary alicyclic amines) is 1. The Bertz CT molecular complexity index is 529. The summed E-state index contributed by atoms with van der Waals surface area (Å²) in [4.78, 5) is 14.5. The van der Waals surface area contributed by atoms with Crippen LogP contribution in [0.25, 0.3) is 0 Å². The molecule has 3 rings (SSSR count). The Hall–Kier alpha value is -1.55. The maximum Gasteiger partial charge on any atom is 0.317 e. The van der Waals surface area contributed by atoms with Gasteiger partial charge in [-0.2, -0.15) is 0 Å². The van der Waals surface area contributed by atoms with Crippen molar-refractivity contribution in [2.75, 3.05) is 13.1 Å². The van der Waals surface area contributed by atoms with E-state index in [1.54, 1.807) is 0 Å². The molecule has 1 saturated carbocycles. The maximum atomic E-state index is 12.6. The molecule has 0 bridgehead atoms. The van der Waals surface area contributed by atoms with Gasteiger partial charge in [-0.3, -0.25) is 0 Å². The molecule has 1 aromatic rings. The highest BCUT2D eigenvalue weighted by molar-refractivity contribution is 5.75. The van der Waals surface area contributed by atoms with Gasteiger partial charge in [-0.25, -0.2) is 4.79 Å². The molecule has 4 nitrogen and oxygen atoms in total. The van der Waals surface area contributed by atoms with Crippen LogP contribution in [-0.2, 0) is 0 Å².